The van der Waals surface area contributed by atoms with Crippen LogP contribution in [0.15, 0.2) is 36.8 Å². The molecule has 0 saturated heterocycles. The highest BCUT2D eigenvalue weighted by atomic mass is 16.3. The molecule has 154 valence electrons. The van der Waals surface area contributed by atoms with Crippen molar-refractivity contribution in [2.24, 2.45) is 5.73 Å². The van der Waals surface area contributed by atoms with E-state index < -0.39 is 36.4 Å². The van der Waals surface area contributed by atoms with Crippen LogP contribution >= 0.6 is 0 Å². The second kappa shape index (κ2) is 9.90. The Morgan fingerprint density at radius 3 is 2.52 bits per heavy atom. The monoisotopic (exact) mass is 403 g/mol. The van der Waals surface area contributed by atoms with Gasteiger partial charge >= 0.3 is 0 Å². The number of nitrogens with two attached hydrogens (primary N) is 1. The number of amides is 3. The molecule has 0 unspecified atom stereocenters. The number of aromatic nitrogens is 2. The highest BCUT2D eigenvalue weighted by molar-refractivity contribution is 5.96. The molecule has 2 atom stereocenters. The van der Waals surface area contributed by atoms with Crippen LogP contribution in [0.3, 0.4) is 0 Å². The number of phenolic OH excluding ortho intramolecular Hbond substituents is 2. The van der Waals surface area contributed by atoms with Gasteiger partial charge in [-0.15, -0.1) is 0 Å². The van der Waals surface area contributed by atoms with Crippen molar-refractivity contribution >= 4 is 23.8 Å². The molecule has 11 nitrogen and oxygen atoms in total. The average molecular weight is 403 g/mol. The van der Waals surface area contributed by atoms with Gasteiger partial charge in [-0.3, -0.25) is 14.4 Å². The second-order valence-corrected chi connectivity index (χ2v) is 6.07. The van der Waals surface area contributed by atoms with E-state index in [-0.39, 0.29) is 17.9 Å². The number of hydrogen-bond donors (Lipinski definition) is 7. The van der Waals surface area contributed by atoms with Crippen molar-refractivity contribution in [1.29, 1.82) is 0 Å². The Morgan fingerprint density at radius 2 is 1.93 bits per heavy atom. The Labute approximate surface area is 165 Å². The molecule has 0 fully saturated rings. The van der Waals surface area contributed by atoms with Gasteiger partial charge in [0.25, 0.3) is 0 Å². The molecule has 0 aliphatic heterocycles. The van der Waals surface area contributed by atoms with E-state index in [0.717, 1.165) is 6.08 Å². The molecule has 0 saturated carbocycles. The zero-order valence-electron chi connectivity index (χ0n) is 15.2. The van der Waals surface area contributed by atoms with Crippen molar-refractivity contribution in [3.63, 3.8) is 0 Å². The second-order valence-electron chi connectivity index (χ2n) is 6.07. The Bertz CT molecular complexity index is 896. The van der Waals surface area contributed by atoms with Crippen molar-refractivity contribution < 1.29 is 29.7 Å². The average Bonchev–Trinajstić information content (AvgIpc) is 3.19. The lowest BCUT2D eigenvalue weighted by molar-refractivity contribution is -0.131. The molecule has 3 amide bonds. The number of benzene rings is 1. The number of nitrogens with zero attached hydrogens (tertiary/aromatic N) is 1. The predicted octanol–water partition coefficient (Wildman–Crippen LogP) is -1.48. The molecule has 29 heavy (non-hydrogen) atoms. The topological polar surface area (TPSA) is 191 Å². The van der Waals surface area contributed by atoms with Crippen LogP contribution in [-0.2, 0) is 20.8 Å². The SMILES string of the molecule is NC(=O)[C@H](Cc1cnc[nH]1)NC(=O)[C@H](CO)NC(=O)/C=C/c1ccc(O)c(O)c1. The number of carbonyl (C=O) groups excluding carboxylic acids is 3. The molecule has 8 N–H and O–H groups in total. The van der Waals surface area contributed by atoms with Crippen LogP contribution in [0.1, 0.15) is 11.3 Å². The van der Waals surface area contributed by atoms with E-state index in [9.17, 15) is 29.7 Å². The van der Waals surface area contributed by atoms with Gasteiger partial charge in [0.2, 0.25) is 17.7 Å². The van der Waals surface area contributed by atoms with Gasteiger partial charge in [0, 0.05) is 24.4 Å². The van der Waals surface area contributed by atoms with Gasteiger partial charge < -0.3 is 36.7 Å². The van der Waals surface area contributed by atoms with Crippen molar-refractivity contribution in [1.82, 2.24) is 20.6 Å². The van der Waals surface area contributed by atoms with Crippen molar-refractivity contribution in [3.8, 4) is 11.5 Å². The Morgan fingerprint density at radius 1 is 1.17 bits per heavy atom. The molecule has 0 radical (unpaired) electrons. The molecule has 0 bridgehead atoms. The smallest absolute Gasteiger partial charge is 0.245 e. The summed E-state index contributed by atoms with van der Waals surface area (Å²) >= 11 is 0. The molecule has 0 aliphatic carbocycles. The summed E-state index contributed by atoms with van der Waals surface area (Å²) in [6, 6.07) is 1.57. The van der Waals surface area contributed by atoms with E-state index in [1.54, 1.807) is 0 Å². The molecule has 2 rings (SSSR count). The summed E-state index contributed by atoms with van der Waals surface area (Å²) in [5.41, 5.74) is 6.29. The highest BCUT2D eigenvalue weighted by Gasteiger charge is 2.25. The van der Waals surface area contributed by atoms with Gasteiger partial charge in [0.15, 0.2) is 11.5 Å². The molecular weight excluding hydrogens is 382 g/mol. The lowest BCUT2D eigenvalue weighted by Crippen LogP contribution is -2.54. The molecule has 0 spiro atoms. The van der Waals surface area contributed by atoms with E-state index in [0.29, 0.717) is 11.3 Å². The number of imidazole rings is 1. The fourth-order valence-corrected chi connectivity index (χ4v) is 2.34. The third-order valence-corrected chi connectivity index (χ3v) is 3.88. The number of aromatic hydroxyl groups is 2. The summed E-state index contributed by atoms with van der Waals surface area (Å²) in [6.07, 6.45) is 5.37. The Hall–Kier alpha value is -3.86. The van der Waals surface area contributed by atoms with Crippen LogP contribution in [0.25, 0.3) is 6.08 Å². The zero-order chi connectivity index (χ0) is 21.4. The lowest BCUT2D eigenvalue weighted by atomic mass is 10.1. The van der Waals surface area contributed by atoms with Crippen LogP contribution in [0.4, 0.5) is 0 Å². The minimum atomic E-state index is -1.32. The number of aliphatic hydroxyl groups is 1. The first kappa shape index (κ1) is 21.4. The standard InChI is InChI=1S/C18H21N5O6/c19-17(28)12(6-11-7-20-9-21-11)23-18(29)13(8-24)22-16(27)4-2-10-1-3-14(25)15(26)5-10/h1-5,7,9,12-13,24-26H,6,8H2,(H2,19,28)(H,20,21)(H,22,27)(H,23,29)/b4-2+/t12-,13-/m0/s1. The van der Waals surface area contributed by atoms with Gasteiger partial charge in [-0.1, -0.05) is 6.07 Å². The number of carbonyl (C=O) groups is 3. The number of H-pyrrole nitrogens is 1. The fourth-order valence-electron chi connectivity index (χ4n) is 2.34. The summed E-state index contributed by atoms with van der Waals surface area (Å²) in [5, 5.41) is 32.8. The molecule has 1 aromatic heterocycles. The minimum absolute atomic E-state index is 0.0669. The quantitative estimate of drug-likeness (QED) is 0.196. The number of primary amides is 1. The van der Waals surface area contributed by atoms with Crippen molar-refractivity contribution in [3.05, 3.63) is 48.1 Å². The normalized spacial score (nSPS) is 13.0. The maximum absolute atomic E-state index is 12.3. The lowest BCUT2D eigenvalue weighted by Gasteiger charge is -2.19. The molecule has 2 aromatic rings. The number of nitrogens with one attached hydrogen (secondary N) is 3. The third kappa shape index (κ3) is 6.36. The summed E-state index contributed by atoms with van der Waals surface area (Å²) < 4.78 is 0. The summed E-state index contributed by atoms with van der Waals surface area (Å²) in [7, 11) is 0. The highest BCUT2D eigenvalue weighted by Crippen LogP contribution is 2.25. The van der Waals surface area contributed by atoms with E-state index in [1.165, 1.54) is 36.8 Å². The van der Waals surface area contributed by atoms with Gasteiger partial charge in [-0.05, 0) is 23.8 Å². The number of phenols is 2. The maximum atomic E-state index is 12.3. The van der Waals surface area contributed by atoms with E-state index >= 15 is 0 Å². The van der Waals surface area contributed by atoms with E-state index in [1.807, 2.05) is 0 Å². The Balaban J connectivity index is 1.96. The van der Waals surface area contributed by atoms with Gasteiger partial charge in [-0.2, -0.15) is 0 Å². The first-order chi connectivity index (χ1) is 13.8. The molecule has 11 heteroatoms. The van der Waals surface area contributed by atoms with Crippen LogP contribution in [0, 0.1) is 0 Å². The first-order valence-corrected chi connectivity index (χ1v) is 8.48. The van der Waals surface area contributed by atoms with Gasteiger partial charge in [0.05, 0.1) is 12.9 Å². The van der Waals surface area contributed by atoms with Gasteiger partial charge in [0.1, 0.15) is 12.1 Å². The number of hydrogen-bond acceptors (Lipinski definition) is 7. The Kier molecular flexibility index (Phi) is 7.32. The number of aromatic amines is 1. The van der Waals surface area contributed by atoms with Crippen molar-refractivity contribution in [2.45, 2.75) is 18.5 Å². The van der Waals surface area contributed by atoms with Crippen molar-refractivity contribution in [2.75, 3.05) is 6.61 Å². The van der Waals surface area contributed by atoms with E-state index in [2.05, 4.69) is 20.6 Å². The maximum Gasteiger partial charge on any atom is 0.245 e. The predicted molar refractivity (Wildman–Crippen MR) is 101 cm³/mol. The largest absolute Gasteiger partial charge is 0.504 e. The number of rotatable bonds is 9. The minimum Gasteiger partial charge on any atom is -0.504 e. The molecule has 1 aromatic carbocycles. The van der Waals surface area contributed by atoms with Crippen LogP contribution in [0.2, 0.25) is 0 Å². The van der Waals surface area contributed by atoms with Gasteiger partial charge in [-0.25, -0.2) is 4.98 Å². The fraction of sp³-hybridized carbons (Fsp3) is 0.222. The molecular formula is C18H21N5O6. The van der Waals surface area contributed by atoms with E-state index in [4.69, 9.17) is 5.73 Å². The van der Waals surface area contributed by atoms with Crippen LogP contribution < -0.4 is 16.4 Å². The van der Waals surface area contributed by atoms with Crippen LogP contribution in [-0.4, -0.2) is 61.7 Å². The number of aliphatic hydroxyl groups excluding tert-OH is 1. The summed E-state index contributed by atoms with van der Waals surface area (Å²) in [5.74, 6) is -2.93. The third-order valence-electron chi connectivity index (χ3n) is 3.88. The molecule has 0 aliphatic rings. The first-order valence-electron chi connectivity index (χ1n) is 8.48. The molecule has 1 heterocycles. The summed E-state index contributed by atoms with van der Waals surface area (Å²) in [4.78, 5) is 42.5. The summed E-state index contributed by atoms with van der Waals surface area (Å²) in [6.45, 7) is -0.707. The van der Waals surface area contributed by atoms with Crippen LogP contribution in [0.5, 0.6) is 11.5 Å². The zero-order valence-corrected chi connectivity index (χ0v) is 15.2.